The number of hydrogen-bond donors (Lipinski definition) is 2. The predicted octanol–water partition coefficient (Wildman–Crippen LogP) is 0.364. The first-order valence-corrected chi connectivity index (χ1v) is 5.32. The van der Waals surface area contributed by atoms with E-state index in [4.69, 9.17) is 5.73 Å². The van der Waals surface area contributed by atoms with Crippen molar-refractivity contribution in [1.29, 1.82) is 0 Å². The van der Waals surface area contributed by atoms with Crippen LogP contribution in [0, 0.1) is 0 Å². The van der Waals surface area contributed by atoms with Gasteiger partial charge in [0.25, 0.3) is 0 Å². The first kappa shape index (κ1) is 12.7. The molecule has 4 nitrogen and oxygen atoms in total. The molecule has 1 unspecified atom stereocenters. The summed E-state index contributed by atoms with van der Waals surface area (Å²) in [5.41, 5.74) is 6.40. The topological polar surface area (TPSA) is 58.4 Å². The summed E-state index contributed by atoms with van der Waals surface area (Å²) in [7, 11) is 3.95. The van der Waals surface area contributed by atoms with E-state index in [1.807, 2.05) is 49.3 Å². The maximum absolute atomic E-state index is 11.3. The Morgan fingerprint density at radius 2 is 2.00 bits per heavy atom. The number of amides is 1. The highest BCUT2D eigenvalue weighted by molar-refractivity contribution is 5.78. The van der Waals surface area contributed by atoms with Crippen LogP contribution in [0.1, 0.15) is 11.6 Å². The monoisotopic (exact) mass is 221 g/mol. The number of rotatable bonds is 5. The molecule has 0 fully saturated rings. The number of nitrogens with zero attached hydrogens (tertiary/aromatic N) is 1. The lowest BCUT2D eigenvalue weighted by atomic mass is 10.1. The average Bonchev–Trinajstić information content (AvgIpc) is 2.28. The Morgan fingerprint density at radius 1 is 1.38 bits per heavy atom. The molecule has 1 rings (SSSR count). The third kappa shape index (κ3) is 4.00. The van der Waals surface area contributed by atoms with Crippen LogP contribution in [0.2, 0.25) is 0 Å². The summed E-state index contributed by atoms with van der Waals surface area (Å²) < 4.78 is 0. The fourth-order valence-corrected chi connectivity index (χ4v) is 1.54. The summed E-state index contributed by atoms with van der Waals surface area (Å²) >= 11 is 0. The van der Waals surface area contributed by atoms with Gasteiger partial charge < -0.3 is 16.0 Å². The second-order valence-electron chi connectivity index (χ2n) is 4.00. The maximum Gasteiger partial charge on any atom is 0.234 e. The lowest BCUT2D eigenvalue weighted by Crippen LogP contribution is -2.38. The van der Waals surface area contributed by atoms with E-state index < -0.39 is 0 Å². The van der Waals surface area contributed by atoms with Gasteiger partial charge in [-0.05, 0) is 19.7 Å². The van der Waals surface area contributed by atoms with Crippen molar-refractivity contribution in [2.75, 3.05) is 27.2 Å². The Morgan fingerprint density at radius 3 is 2.50 bits per heavy atom. The highest BCUT2D eigenvalue weighted by Crippen LogP contribution is 2.12. The van der Waals surface area contributed by atoms with Crippen LogP contribution in [-0.2, 0) is 4.79 Å². The van der Waals surface area contributed by atoms with Crippen LogP contribution >= 0.6 is 0 Å². The lowest BCUT2D eigenvalue weighted by molar-refractivity contribution is -0.120. The van der Waals surface area contributed by atoms with E-state index in [0.717, 1.165) is 12.1 Å². The lowest BCUT2D eigenvalue weighted by Gasteiger charge is -2.22. The molecule has 3 N–H and O–H groups in total. The van der Waals surface area contributed by atoms with E-state index in [1.54, 1.807) is 0 Å². The minimum atomic E-state index is -0.129. The van der Waals surface area contributed by atoms with Gasteiger partial charge in [-0.3, -0.25) is 4.79 Å². The minimum Gasteiger partial charge on any atom is -0.347 e. The molecule has 0 aromatic heterocycles. The molecule has 0 saturated carbocycles. The van der Waals surface area contributed by atoms with Crippen LogP contribution < -0.4 is 11.1 Å². The average molecular weight is 221 g/mol. The third-order valence-corrected chi connectivity index (χ3v) is 2.27. The van der Waals surface area contributed by atoms with E-state index in [9.17, 15) is 4.79 Å². The fourth-order valence-electron chi connectivity index (χ4n) is 1.54. The SMILES string of the molecule is CN(C)CC(NC(=O)CN)c1ccccc1. The van der Waals surface area contributed by atoms with Gasteiger partial charge in [-0.1, -0.05) is 30.3 Å². The molecule has 0 saturated heterocycles. The summed E-state index contributed by atoms with van der Waals surface area (Å²) in [6.07, 6.45) is 0. The third-order valence-electron chi connectivity index (χ3n) is 2.27. The molecule has 1 aromatic carbocycles. The van der Waals surface area contributed by atoms with Gasteiger partial charge in [0, 0.05) is 6.54 Å². The standard InChI is InChI=1S/C12H19N3O/c1-15(2)9-11(14-12(16)8-13)10-6-4-3-5-7-10/h3-7,11H,8-9,13H2,1-2H3,(H,14,16). The zero-order valence-electron chi connectivity index (χ0n) is 9.81. The molecule has 0 aliphatic rings. The van der Waals surface area contributed by atoms with Crippen molar-refractivity contribution in [2.45, 2.75) is 6.04 Å². The largest absolute Gasteiger partial charge is 0.347 e. The van der Waals surface area contributed by atoms with Gasteiger partial charge in [0.2, 0.25) is 5.91 Å². The molecule has 0 aliphatic carbocycles. The van der Waals surface area contributed by atoms with E-state index in [0.29, 0.717) is 0 Å². The normalized spacial score (nSPS) is 12.5. The molecule has 16 heavy (non-hydrogen) atoms. The van der Waals surface area contributed by atoms with Crippen molar-refractivity contribution in [1.82, 2.24) is 10.2 Å². The molecule has 88 valence electrons. The molecule has 1 atom stereocenters. The molecule has 0 heterocycles. The van der Waals surface area contributed by atoms with E-state index in [-0.39, 0.29) is 18.5 Å². The van der Waals surface area contributed by atoms with Crippen molar-refractivity contribution in [2.24, 2.45) is 5.73 Å². The fraction of sp³-hybridized carbons (Fsp3) is 0.417. The zero-order valence-corrected chi connectivity index (χ0v) is 9.81. The summed E-state index contributed by atoms with van der Waals surface area (Å²) in [4.78, 5) is 13.4. The molecule has 0 aliphatic heterocycles. The van der Waals surface area contributed by atoms with Crippen molar-refractivity contribution in [3.63, 3.8) is 0 Å². The van der Waals surface area contributed by atoms with Gasteiger partial charge in [0.05, 0.1) is 12.6 Å². The van der Waals surface area contributed by atoms with Crippen molar-refractivity contribution in [3.05, 3.63) is 35.9 Å². The van der Waals surface area contributed by atoms with E-state index in [1.165, 1.54) is 0 Å². The number of nitrogens with one attached hydrogen (secondary N) is 1. The number of nitrogens with two attached hydrogens (primary N) is 1. The molecule has 0 spiro atoms. The van der Waals surface area contributed by atoms with Gasteiger partial charge >= 0.3 is 0 Å². The highest BCUT2D eigenvalue weighted by Gasteiger charge is 2.13. The number of likely N-dealkylation sites (N-methyl/N-ethyl adjacent to an activating group) is 1. The molecule has 4 heteroatoms. The Bertz CT molecular complexity index is 324. The van der Waals surface area contributed by atoms with Crippen LogP contribution in [-0.4, -0.2) is 38.0 Å². The van der Waals surface area contributed by atoms with Crippen LogP contribution in [0.15, 0.2) is 30.3 Å². The van der Waals surface area contributed by atoms with Gasteiger partial charge in [-0.25, -0.2) is 0 Å². The number of carbonyl (C=O) groups excluding carboxylic acids is 1. The van der Waals surface area contributed by atoms with Gasteiger partial charge in [-0.2, -0.15) is 0 Å². The second kappa shape index (κ2) is 6.25. The molecular formula is C12H19N3O. The van der Waals surface area contributed by atoms with Crippen LogP contribution in [0.4, 0.5) is 0 Å². The number of carbonyl (C=O) groups is 1. The Hall–Kier alpha value is -1.39. The first-order valence-electron chi connectivity index (χ1n) is 5.32. The Balaban J connectivity index is 2.75. The van der Waals surface area contributed by atoms with Gasteiger partial charge in [0.15, 0.2) is 0 Å². The van der Waals surface area contributed by atoms with Gasteiger partial charge in [-0.15, -0.1) is 0 Å². The van der Waals surface area contributed by atoms with Crippen molar-refractivity contribution in [3.8, 4) is 0 Å². The number of hydrogen-bond acceptors (Lipinski definition) is 3. The van der Waals surface area contributed by atoms with Crippen LogP contribution in [0.3, 0.4) is 0 Å². The quantitative estimate of drug-likeness (QED) is 0.755. The van der Waals surface area contributed by atoms with Crippen LogP contribution in [0.5, 0.6) is 0 Å². The van der Waals surface area contributed by atoms with E-state index in [2.05, 4.69) is 5.32 Å². The van der Waals surface area contributed by atoms with Crippen molar-refractivity contribution >= 4 is 5.91 Å². The summed E-state index contributed by atoms with van der Waals surface area (Å²) in [5, 5.41) is 2.91. The van der Waals surface area contributed by atoms with Gasteiger partial charge in [0.1, 0.15) is 0 Å². The number of benzene rings is 1. The Labute approximate surface area is 96.4 Å². The first-order chi connectivity index (χ1) is 7.63. The highest BCUT2D eigenvalue weighted by atomic mass is 16.1. The molecule has 1 aromatic rings. The van der Waals surface area contributed by atoms with E-state index >= 15 is 0 Å². The second-order valence-corrected chi connectivity index (χ2v) is 4.00. The van der Waals surface area contributed by atoms with Crippen molar-refractivity contribution < 1.29 is 4.79 Å². The Kier molecular flexibility index (Phi) is 4.95. The molecule has 0 bridgehead atoms. The predicted molar refractivity (Wildman–Crippen MR) is 64.9 cm³/mol. The molecule has 1 amide bonds. The molecule has 0 radical (unpaired) electrons. The smallest absolute Gasteiger partial charge is 0.234 e. The minimum absolute atomic E-state index is 0.00718. The summed E-state index contributed by atoms with van der Waals surface area (Å²) in [5.74, 6) is -0.129. The summed E-state index contributed by atoms with van der Waals surface area (Å²) in [6, 6.07) is 9.89. The maximum atomic E-state index is 11.3. The molecular weight excluding hydrogens is 202 g/mol. The summed E-state index contributed by atoms with van der Waals surface area (Å²) in [6.45, 7) is 0.784. The van der Waals surface area contributed by atoms with Crippen LogP contribution in [0.25, 0.3) is 0 Å². The zero-order chi connectivity index (χ0) is 12.0.